The van der Waals surface area contributed by atoms with E-state index in [4.69, 9.17) is 10.6 Å². The number of nitrogen functional groups attached to an aromatic ring is 1. The molecular formula is C12H20N4O. The lowest BCUT2D eigenvalue weighted by Gasteiger charge is -2.18. The summed E-state index contributed by atoms with van der Waals surface area (Å²) in [6.45, 7) is 10.3. The largest absolute Gasteiger partial charge is 0.477 e. The number of rotatable bonds is 5. The van der Waals surface area contributed by atoms with E-state index in [9.17, 15) is 0 Å². The first kappa shape index (κ1) is 13.4. The van der Waals surface area contributed by atoms with Gasteiger partial charge in [0.25, 0.3) is 0 Å². The van der Waals surface area contributed by atoms with Crippen LogP contribution in [0.1, 0.15) is 33.0 Å². The molecule has 0 aliphatic heterocycles. The highest BCUT2D eigenvalue weighted by Gasteiger charge is 2.19. The molecule has 5 heteroatoms. The molecule has 1 aromatic heterocycles. The maximum Gasteiger partial charge on any atom is 0.218 e. The van der Waals surface area contributed by atoms with Gasteiger partial charge in [0.1, 0.15) is 11.6 Å². The fourth-order valence-corrected chi connectivity index (χ4v) is 1.16. The van der Waals surface area contributed by atoms with Gasteiger partial charge in [0.15, 0.2) is 0 Å². The van der Waals surface area contributed by atoms with Gasteiger partial charge in [-0.1, -0.05) is 26.8 Å². The molecule has 0 amide bonds. The lowest BCUT2D eigenvalue weighted by Crippen LogP contribution is -2.19. The van der Waals surface area contributed by atoms with Crippen LogP contribution in [0.3, 0.4) is 0 Å². The second kappa shape index (κ2) is 5.63. The second-order valence-electron chi connectivity index (χ2n) is 4.74. The van der Waals surface area contributed by atoms with Gasteiger partial charge in [0.05, 0.1) is 6.61 Å². The van der Waals surface area contributed by atoms with Crippen LogP contribution in [0.4, 0.5) is 5.82 Å². The molecule has 0 spiro atoms. The molecule has 3 N–H and O–H groups in total. The van der Waals surface area contributed by atoms with Gasteiger partial charge < -0.3 is 10.2 Å². The van der Waals surface area contributed by atoms with Crippen LogP contribution < -0.4 is 16.0 Å². The second-order valence-corrected chi connectivity index (χ2v) is 4.74. The third-order valence-electron chi connectivity index (χ3n) is 2.09. The van der Waals surface area contributed by atoms with Gasteiger partial charge in [-0.25, -0.2) is 10.8 Å². The van der Waals surface area contributed by atoms with Gasteiger partial charge in [0, 0.05) is 11.5 Å². The quantitative estimate of drug-likeness (QED) is 0.354. The Labute approximate surface area is 102 Å². The number of ether oxygens (including phenoxy) is 1. The Morgan fingerprint density at radius 1 is 1.47 bits per heavy atom. The lowest BCUT2D eigenvalue weighted by atomic mass is 9.96. The molecule has 0 unspecified atom stereocenters. The van der Waals surface area contributed by atoms with Gasteiger partial charge in [-0.15, -0.1) is 6.58 Å². The number of nitrogens with zero attached hydrogens (tertiary/aromatic N) is 2. The molecule has 0 atom stereocenters. The molecule has 5 nitrogen and oxygen atoms in total. The van der Waals surface area contributed by atoms with E-state index in [1.165, 1.54) is 0 Å². The van der Waals surface area contributed by atoms with Crippen molar-refractivity contribution in [3.63, 3.8) is 0 Å². The summed E-state index contributed by atoms with van der Waals surface area (Å²) in [5.74, 6) is 7.15. The zero-order valence-corrected chi connectivity index (χ0v) is 10.7. The van der Waals surface area contributed by atoms with Crippen molar-refractivity contribution in [2.75, 3.05) is 12.0 Å². The molecule has 1 heterocycles. The minimum atomic E-state index is -0.149. The Bertz CT molecular complexity index is 385. The van der Waals surface area contributed by atoms with E-state index in [1.807, 2.05) is 20.8 Å². The van der Waals surface area contributed by atoms with Gasteiger partial charge in [-0.2, -0.15) is 4.98 Å². The van der Waals surface area contributed by atoms with Crippen LogP contribution in [-0.2, 0) is 5.41 Å². The smallest absolute Gasteiger partial charge is 0.218 e. The number of hydrazine groups is 1. The van der Waals surface area contributed by atoms with Crippen molar-refractivity contribution in [1.29, 1.82) is 0 Å². The van der Waals surface area contributed by atoms with Gasteiger partial charge in [-0.05, 0) is 6.42 Å². The molecular weight excluding hydrogens is 216 g/mol. The minimum absolute atomic E-state index is 0.149. The zero-order chi connectivity index (χ0) is 12.9. The van der Waals surface area contributed by atoms with Crippen LogP contribution in [0.2, 0.25) is 0 Å². The van der Waals surface area contributed by atoms with Crippen molar-refractivity contribution in [2.45, 2.75) is 32.6 Å². The summed E-state index contributed by atoms with van der Waals surface area (Å²) in [7, 11) is 0. The molecule has 0 saturated carbocycles. The van der Waals surface area contributed by atoms with E-state index in [2.05, 4.69) is 22.0 Å². The first-order valence-electron chi connectivity index (χ1n) is 5.57. The Kier molecular flexibility index (Phi) is 4.45. The summed E-state index contributed by atoms with van der Waals surface area (Å²) < 4.78 is 5.51. The Morgan fingerprint density at radius 2 is 2.18 bits per heavy atom. The fourth-order valence-electron chi connectivity index (χ4n) is 1.16. The van der Waals surface area contributed by atoms with Crippen LogP contribution in [0, 0.1) is 0 Å². The van der Waals surface area contributed by atoms with Crippen molar-refractivity contribution in [1.82, 2.24) is 9.97 Å². The summed E-state index contributed by atoms with van der Waals surface area (Å²) >= 11 is 0. The molecule has 0 aliphatic carbocycles. The van der Waals surface area contributed by atoms with Gasteiger partial charge in [0.2, 0.25) is 5.88 Å². The number of nitrogens with two attached hydrogens (primary N) is 1. The van der Waals surface area contributed by atoms with E-state index >= 15 is 0 Å². The van der Waals surface area contributed by atoms with Crippen LogP contribution in [0.5, 0.6) is 5.88 Å². The number of aromatic nitrogens is 2. The molecule has 0 aliphatic rings. The summed E-state index contributed by atoms with van der Waals surface area (Å²) in [6.07, 6.45) is 2.58. The Balaban J connectivity index is 2.93. The van der Waals surface area contributed by atoms with Crippen LogP contribution in [0.25, 0.3) is 0 Å². The number of hydrogen-bond donors (Lipinski definition) is 2. The van der Waals surface area contributed by atoms with Crippen molar-refractivity contribution in [3.05, 3.63) is 24.5 Å². The maximum absolute atomic E-state index is 5.51. The Hall–Kier alpha value is -1.62. The molecule has 0 saturated heterocycles. The van der Waals surface area contributed by atoms with Crippen molar-refractivity contribution in [2.24, 2.45) is 5.84 Å². The number of anilines is 1. The number of nitrogens with one attached hydrogen (secondary N) is 1. The molecule has 94 valence electrons. The maximum atomic E-state index is 5.51. The minimum Gasteiger partial charge on any atom is -0.477 e. The molecule has 0 aromatic carbocycles. The Morgan fingerprint density at radius 3 is 2.71 bits per heavy atom. The van der Waals surface area contributed by atoms with Crippen molar-refractivity contribution < 1.29 is 4.74 Å². The summed E-state index contributed by atoms with van der Waals surface area (Å²) in [5, 5.41) is 0. The topological polar surface area (TPSA) is 73.1 Å². The third-order valence-corrected chi connectivity index (χ3v) is 2.09. The summed E-state index contributed by atoms with van der Waals surface area (Å²) in [6, 6.07) is 1.68. The highest BCUT2D eigenvalue weighted by Crippen LogP contribution is 2.22. The normalized spacial score (nSPS) is 11.1. The van der Waals surface area contributed by atoms with Gasteiger partial charge in [-0.3, -0.25) is 0 Å². The SMILES string of the molecule is C=CCCOc1cc(NN)nc(C(C)(C)C)n1. The van der Waals surface area contributed by atoms with Crippen LogP contribution >= 0.6 is 0 Å². The molecule has 1 rings (SSSR count). The van der Waals surface area contributed by atoms with Crippen molar-refractivity contribution >= 4 is 5.82 Å². The summed E-state index contributed by atoms with van der Waals surface area (Å²) in [5.41, 5.74) is 2.37. The average Bonchev–Trinajstić information content (AvgIpc) is 2.28. The fraction of sp³-hybridized carbons (Fsp3) is 0.500. The molecule has 0 radical (unpaired) electrons. The van der Waals surface area contributed by atoms with Gasteiger partial charge >= 0.3 is 0 Å². The third kappa shape index (κ3) is 4.03. The summed E-state index contributed by atoms with van der Waals surface area (Å²) in [4.78, 5) is 8.67. The van der Waals surface area contributed by atoms with Crippen LogP contribution in [-0.4, -0.2) is 16.6 Å². The molecule has 0 fully saturated rings. The van der Waals surface area contributed by atoms with Crippen molar-refractivity contribution in [3.8, 4) is 5.88 Å². The van der Waals surface area contributed by atoms with E-state index in [0.29, 0.717) is 24.1 Å². The monoisotopic (exact) mass is 236 g/mol. The van der Waals surface area contributed by atoms with E-state index in [1.54, 1.807) is 12.1 Å². The lowest BCUT2D eigenvalue weighted by molar-refractivity contribution is 0.308. The molecule has 17 heavy (non-hydrogen) atoms. The average molecular weight is 236 g/mol. The molecule has 1 aromatic rings. The highest BCUT2D eigenvalue weighted by atomic mass is 16.5. The predicted octanol–water partition coefficient (Wildman–Crippen LogP) is 2.01. The number of hydrogen-bond acceptors (Lipinski definition) is 5. The van der Waals surface area contributed by atoms with E-state index in [-0.39, 0.29) is 5.41 Å². The van der Waals surface area contributed by atoms with Crippen LogP contribution in [0.15, 0.2) is 18.7 Å². The first-order chi connectivity index (χ1) is 7.97. The van der Waals surface area contributed by atoms with E-state index in [0.717, 1.165) is 6.42 Å². The standard InChI is InChI=1S/C12H20N4O/c1-5-6-7-17-10-8-9(16-13)14-11(15-10)12(2,3)4/h5,8H,1,6-7,13H2,2-4H3,(H,14,15,16). The highest BCUT2D eigenvalue weighted by molar-refractivity contribution is 5.37. The predicted molar refractivity (Wildman–Crippen MR) is 68.9 cm³/mol. The molecule has 0 bridgehead atoms. The zero-order valence-electron chi connectivity index (χ0n) is 10.7. The van der Waals surface area contributed by atoms with E-state index < -0.39 is 0 Å². The first-order valence-corrected chi connectivity index (χ1v) is 5.57.